The summed E-state index contributed by atoms with van der Waals surface area (Å²) in [6.07, 6.45) is 3.33. The molecule has 1 atom stereocenters. The lowest BCUT2D eigenvalue weighted by atomic mass is 9.70. The molecule has 6 nitrogen and oxygen atoms in total. The molecule has 2 amide bonds. The summed E-state index contributed by atoms with van der Waals surface area (Å²) in [6.45, 7) is 2.01. The average Bonchev–Trinajstić information content (AvgIpc) is 2.19. The van der Waals surface area contributed by atoms with Gasteiger partial charge in [-0.3, -0.25) is 0 Å². The fourth-order valence-corrected chi connectivity index (χ4v) is 1.65. The quantitative estimate of drug-likeness (QED) is 0.531. The van der Waals surface area contributed by atoms with Crippen LogP contribution in [0.2, 0.25) is 0 Å². The third kappa shape index (κ3) is 3.37. The van der Waals surface area contributed by atoms with E-state index in [-0.39, 0.29) is 5.41 Å². The van der Waals surface area contributed by atoms with E-state index in [2.05, 4.69) is 17.6 Å². The maximum atomic E-state index is 11.3. The van der Waals surface area contributed by atoms with Gasteiger partial charge in [0.25, 0.3) is 0 Å². The highest BCUT2D eigenvalue weighted by molar-refractivity contribution is 5.82. The molecule has 0 aromatic heterocycles. The van der Waals surface area contributed by atoms with Gasteiger partial charge in [0, 0.05) is 6.54 Å². The summed E-state index contributed by atoms with van der Waals surface area (Å²) in [5.41, 5.74) is 0.148. The Hall–Kier alpha value is -1.30. The number of carboxylic acid groups (broad SMARTS) is 1. The molecule has 0 heterocycles. The molecule has 6 heteroatoms. The van der Waals surface area contributed by atoms with Crippen LogP contribution in [0, 0.1) is 5.41 Å². The van der Waals surface area contributed by atoms with Crippen molar-refractivity contribution in [2.75, 3.05) is 13.2 Å². The number of aliphatic hydroxyl groups is 1. The summed E-state index contributed by atoms with van der Waals surface area (Å²) in [7, 11) is 0. The van der Waals surface area contributed by atoms with Crippen molar-refractivity contribution in [3.8, 4) is 0 Å². The van der Waals surface area contributed by atoms with E-state index in [9.17, 15) is 9.59 Å². The van der Waals surface area contributed by atoms with E-state index >= 15 is 0 Å². The smallest absolute Gasteiger partial charge is 0.328 e. The van der Waals surface area contributed by atoms with Crippen LogP contribution in [0.5, 0.6) is 0 Å². The van der Waals surface area contributed by atoms with Gasteiger partial charge in [0.15, 0.2) is 6.04 Å². The maximum absolute atomic E-state index is 11.3. The number of urea groups is 1. The van der Waals surface area contributed by atoms with E-state index in [0.717, 1.165) is 12.8 Å². The van der Waals surface area contributed by atoms with E-state index in [0.29, 0.717) is 6.54 Å². The molecular formula is C10H18N2O4. The third-order valence-electron chi connectivity index (χ3n) is 3.02. The van der Waals surface area contributed by atoms with Crippen molar-refractivity contribution in [3.63, 3.8) is 0 Å². The van der Waals surface area contributed by atoms with Crippen molar-refractivity contribution in [2.45, 2.75) is 32.2 Å². The minimum Gasteiger partial charge on any atom is -0.480 e. The van der Waals surface area contributed by atoms with Gasteiger partial charge in [-0.2, -0.15) is 0 Å². The largest absolute Gasteiger partial charge is 0.480 e. The first-order chi connectivity index (χ1) is 7.47. The van der Waals surface area contributed by atoms with Crippen LogP contribution in [-0.4, -0.2) is 41.4 Å². The highest BCUT2D eigenvalue weighted by Crippen LogP contribution is 2.39. The minimum absolute atomic E-state index is 0.148. The Morgan fingerprint density at radius 2 is 2.06 bits per heavy atom. The summed E-state index contributed by atoms with van der Waals surface area (Å²) in [4.78, 5) is 21.8. The first-order valence-electron chi connectivity index (χ1n) is 5.35. The van der Waals surface area contributed by atoms with Crippen LogP contribution in [0.15, 0.2) is 0 Å². The van der Waals surface area contributed by atoms with Gasteiger partial charge in [-0.05, 0) is 18.3 Å². The van der Waals surface area contributed by atoms with Crippen molar-refractivity contribution < 1.29 is 19.8 Å². The molecule has 1 unspecified atom stereocenters. The minimum atomic E-state index is -1.24. The zero-order valence-corrected chi connectivity index (χ0v) is 9.32. The number of carbonyl (C=O) groups excluding carboxylic acids is 1. The number of amides is 2. The standard InChI is InChI=1S/C10H18N2O4/c1-10(3-2-4-10)6-11-9(16)12-7(5-13)8(14)15/h7,13H,2-6H2,1H3,(H,14,15)(H2,11,12,16). The summed E-state index contributed by atoms with van der Waals surface area (Å²) in [6, 6.07) is -1.79. The second kappa shape index (κ2) is 5.16. The number of aliphatic hydroxyl groups excluding tert-OH is 1. The van der Waals surface area contributed by atoms with Gasteiger partial charge < -0.3 is 20.8 Å². The molecule has 0 aliphatic heterocycles. The molecule has 0 radical (unpaired) electrons. The second-order valence-corrected chi connectivity index (χ2v) is 4.56. The van der Waals surface area contributed by atoms with Crippen molar-refractivity contribution in [1.82, 2.24) is 10.6 Å². The first-order valence-corrected chi connectivity index (χ1v) is 5.35. The molecule has 92 valence electrons. The Labute approximate surface area is 94.0 Å². The van der Waals surface area contributed by atoms with Gasteiger partial charge in [-0.25, -0.2) is 9.59 Å². The molecule has 1 aliphatic carbocycles. The topological polar surface area (TPSA) is 98.7 Å². The van der Waals surface area contributed by atoms with Crippen molar-refractivity contribution in [3.05, 3.63) is 0 Å². The first kappa shape index (κ1) is 12.8. The molecule has 0 aromatic rings. The predicted molar refractivity (Wildman–Crippen MR) is 57.0 cm³/mol. The maximum Gasteiger partial charge on any atom is 0.328 e. The molecular weight excluding hydrogens is 212 g/mol. The summed E-state index contributed by atoms with van der Waals surface area (Å²) >= 11 is 0. The zero-order chi connectivity index (χ0) is 12.2. The Balaban J connectivity index is 2.27. The molecule has 0 bridgehead atoms. The van der Waals surface area contributed by atoms with Crippen LogP contribution in [0.25, 0.3) is 0 Å². The Kier molecular flexibility index (Phi) is 4.12. The summed E-state index contributed by atoms with van der Waals surface area (Å²) < 4.78 is 0. The van der Waals surface area contributed by atoms with Crippen LogP contribution in [-0.2, 0) is 4.79 Å². The highest BCUT2D eigenvalue weighted by Gasteiger charge is 2.32. The van der Waals surface area contributed by atoms with E-state index in [4.69, 9.17) is 10.2 Å². The highest BCUT2D eigenvalue weighted by atomic mass is 16.4. The molecule has 1 fully saturated rings. The lowest BCUT2D eigenvalue weighted by molar-refractivity contribution is -0.140. The molecule has 0 spiro atoms. The third-order valence-corrected chi connectivity index (χ3v) is 3.02. The Morgan fingerprint density at radius 1 is 1.44 bits per heavy atom. The molecule has 4 N–H and O–H groups in total. The van der Waals surface area contributed by atoms with E-state index < -0.39 is 24.6 Å². The molecule has 1 saturated carbocycles. The molecule has 1 rings (SSSR count). The average molecular weight is 230 g/mol. The summed E-state index contributed by atoms with van der Waals surface area (Å²) in [5.74, 6) is -1.24. The van der Waals surface area contributed by atoms with Crippen LogP contribution >= 0.6 is 0 Å². The normalized spacial score (nSPS) is 19.4. The Bertz CT molecular complexity index is 276. The van der Waals surface area contributed by atoms with Gasteiger partial charge in [0.2, 0.25) is 0 Å². The Morgan fingerprint density at radius 3 is 2.44 bits per heavy atom. The van der Waals surface area contributed by atoms with Gasteiger partial charge in [-0.1, -0.05) is 13.3 Å². The fraction of sp³-hybridized carbons (Fsp3) is 0.800. The SMILES string of the molecule is CC1(CNC(=O)NC(CO)C(=O)O)CCC1. The van der Waals surface area contributed by atoms with E-state index in [1.165, 1.54) is 6.42 Å². The van der Waals surface area contributed by atoms with Crippen LogP contribution in [0.1, 0.15) is 26.2 Å². The number of carboxylic acids is 1. The van der Waals surface area contributed by atoms with Gasteiger partial charge >= 0.3 is 12.0 Å². The lowest BCUT2D eigenvalue weighted by Gasteiger charge is -2.38. The second-order valence-electron chi connectivity index (χ2n) is 4.56. The van der Waals surface area contributed by atoms with E-state index in [1.807, 2.05) is 0 Å². The van der Waals surface area contributed by atoms with Crippen molar-refractivity contribution in [1.29, 1.82) is 0 Å². The predicted octanol–water partition coefficient (Wildman–Crippen LogP) is -0.0787. The van der Waals surface area contributed by atoms with Crippen LogP contribution in [0.3, 0.4) is 0 Å². The monoisotopic (exact) mass is 230 g/mol. The van der Waals surface area contributed by atoms with E-state index in [1.54, 1.807) is 0 Å². The van der Waals surface area contributed by atoms with Gasteiger partial charge in [0.1, 0.15) is 0 Å². The molecule has 0 saturated heterocycles. The number of rotatable bonds is 5. The summed E-state index contributed by atoms with van der Waals surface area (Å²) in [5, 5.41) is 22.1. The van der Waals surface area contributed by atoms with Gasteiger partial charge in [0.05, 0.1) is 6.61 Å². The van der Waals surface area contributed by atoms with Crippen molar-refractivity contribution in [2.24, 2.45) is 5.41 Å². The van der Waals surface area contributed by atoms with Crippen LogP contribution < -0.4 is 10.6 Å². The number of hydrogen-bond donors (Lipinski definition) is 4. The fourth-order valence-electron chi connectivity index (χ4n) is 1.65. The molecule has 16 heavy (non-hydrogen) atoms. The molecule has 1 aliphatic rings. The van der Waals surface area contributed by atoms with Crippen LogP contribution in [0.4, 0.5) is 4.79 Å². The molecule has 0 aromatic carbocycles. The van der Waals surface area contributed by atoms with Gasteiger partial charge in [-0.15, -0.1) is 0 Å². The number of carbonyl (C=O) groups is 2. The lowest BCUT2D eigenvalue weighted by Crippen LogP contribution is -2.50. The number of aliphatic carboxylic acids is 1. The van der Waals surface area contributed by atoms with Crippen molar-refractivity contribution >= 4 is 12.0 Å². The number of hydrogen-bond acceptors (Lipinski definition) is 3. The number of nitrogens with one attached hydrogen (secondary N) is 2. The zero-order valence-electron chi connectivity index (χ0n) is 9.32.